The van der Waals surface area contributed by atoms with Crippen molar-refractivity contribution in [1.82, 2.24) is 10.6 Å². The molecule has 50 heavy (non-hydrogen) atoms. The van der Waals surface area contributed by atoms with E-state index in [1.807, 2.05) is 0 Å². The van der Waals surface area contributed by atoms with E-state index in [9.17, 15) is 9.59 Å². The highest BCUT2D eigenvalue weighted by Crippen LogP contribution is 2.32. The topological polar surface area (TPSA) is 95.1 Å². The number of hydrogen-bond acceptors (Lipinski definition) is 8. The number of carbonyl (C=O) groups excluding carboxylic acids is 2. The molecule has 0 radical (unpaired) electrons. The van der Waals surface area contributed by atoms with Crippen LogP contribution in [0.2, 0.25) is 0 Å². The van der Waals surface area contributed by atoms with E-state index in [1.54, 1.807) is 0 Å². The third kappa shape index (κ3) is 15.7. The first kappa shape index (κ1) is 40.2. The number of ether oxygens (including phenoxy) is 4. The summed E-state index contributed by atoms with van der Waals surface area (Å²) in [7, 11) is 0. The van der Waals surface area contributed by atoms with Gasteiger partial charge in [0.1, 0.15) is 6.17 Å². The average molecular weight is 693 g/mol. The molecule has 2 N–H and O–H groups in total. The maximum absolute atomic E-state index is 11.1. The molecule has 3 aliphatic carbocycles. The zero-order chi connectivity index (χ0) is 35.2. The Kier molecular flexibility index (Phi) is 19.1. The van der Waals surface area contributed by atoms with Gasteiger partial charge in [0.15, 0.2) is 0 Å². The Balaban J connectivity index is 1.00. The summed E-state index contributed by atoms with van der Waals surface area (Å²) in [5, 5.41) is 7.49. The van der Waals surface area contributed by atoms with E-state index < -0.39 is 0 Å². The Labute approximate surface area is 302 Å². The Hall–Kier alpha value is -2.62. The summed E-state index contributed by atoms with van der Waals surface area (Å²) in [6, 6.07) is 0.544. The minimum Gasteiger partial charge on any atom is -0.463 e. The van der Waals surface area contributed by atoms with E-state index in [4.69, 9.17) is 18.9 Å². The largest absolute Gasteiger partial charge is 0.463 e. The molecule has 1 aliphatic heterocycles. The number of nitrogens with one attached hydrogen (secondary N) is 2. The zero-order valence-electron chi connectivity index (χ0n) is 30.6. The van der Waals surface area contributed by atoms with Crippen LogP contribution in [0.3, 0.4) is 0 Å². The van der Waals surface area contributed by atoms with Crippen molar-refractivity contribution in [3.05, 3.63) is 25.3 Å². The predicted octanol–water partition coefficient (Wildman–Crippen LogP) is 7.03. The number of fused-ring (bicyclic) bond motifs is 1. The van der Waals surface area contributed by atoms with Crippen molar-refractivity contribution in [2.24, 2.45) is 23.7 Å². The van der Waals surface area contributed by atoms with Crippen molar-refractivity contribution in [3.8, 4) is 23.7 Å². The fraction of sp³-hybridized carbons (Fsp3) is 0.762. The van der Waals surface area contributed by atoms with Gasteiger partial charge in [-0.1, -0.05) is 49.7 Å². The van der Waals surface area contributed by atoms with Gasteiger partial charge in [-0.25, -0.2) is 9.59 Å². The van der Waals surface area contributed by atoms with Gasteiger partial charge in [-0.05, 0) is 115 Å². The minimum absolute atomic E-state index is 0.0968. The van der Waals surface area contributed by atoms with Crippen LogP contribution >= 0.6 is 0 Å². The lowest BCUT2D eigenvalue weighted by atomic mass is 9.76. The van der Waals surface area contributed by atoms with Crippen LogP contribution in [0.15, 0.2) is 25.3 Å². The molecule has 0 aromatic rings. The van der Waals surface area contributed by atoms with Crippen LogP contribution in [0.25, 0.3) is 0 Å². The summed E-state index contributed by atoms with van der Waals surface area (Å²) in [6.07, 6.45) is 24.1. The lowest BCUT2D eigenvalue weighted by Gasteiger charge is -2.41. The molecule has 3 saturated carbocycles. The Bertz CT molecular complexity index is 1060. The standard InChI is InChI=1S/C42H64N2O6/c1-3-41(45)49-29-11-7-5-9-27-47-37-21-15-33(16-22-37)13-14-35-19-25-39-36(31-35)32-43-40(44-39)26-20-34-17-23-38(24-18-34)48-28-10-6-8-12-30-50-42(46)4-2/h3-4,33-40,43-44H,1-2,5-12,15-19,21-25,27-32H2. The van der Waals surface area contributed by atoms with E-state index >= 15 is 0 Å². The fourth-order valence-electron chi connectivity index (χ4n) is 7.74. The summed E-state index contributed by atoms with van der Waals surface area (Å²) < 4.78 is 22.3. The molecule has 0 aromatic carbocycles. The minimum atomic E-state index is -0.340. The highest BCUT2D eigenvalue weighted by molar-refractivity contribution is 5.81. The number of unbranched alkanes of at least 4 members (excludes halogenated alkanes) is 6. The molecule has 8 heteroatoms. The first-order valence-corrected chi connectivity index (χ1v) is 19.9. The molecule has 0 aromatic heterocycles. The van der Waals surface area contributed by atoms with Crippen LogP contribution in [0, 0.1) is 47.4 Å². The van der Waals surface area contributed by atoms with Crippen molar-refractivity contribution in [1.29, 1.82) is 0 Å². The maximum atomic E-state index is 11.1. The molecule has 4 rings (SSSR count). The Morgan fingerprint density at radius 1 is 0.580 bits per heavy atom. The lowest BCUT2D eigenvalue weighted by Crippen LogP contribution is -2.59. The van der Waals surface area contributed by atoms with E-state index in [1.165, 1.54) is 31.4 Å². The third-order valence-corrected chi connectivity index (χ3v) is 10.8. The second-order valence-corrected chi connectivity index (χ2v) is 14.7. The summed E-state index contributed by atoms with van der Waals surface area (Å²) in [5.74, 6) is 16.0. The van der Waals surface area contributed by atoms with Gasteiger partial charge in [0.05, 0.1) is 25.4 Å². The lowest BCUT2D eigenvalue weighted by molar-refractivity contribution is -0.138. The van der Waals surface area contributed by atoms with Crippen LogP contribution < -0.4 is 10.6 Å². The van der Waals surface area contributed by atoms with E-state index in [-0.39, 0.29) is 18.1 Å². The highest BCUT2D eigenvalue weighted by atomic mass is 16.5. The van der Waals surface area contributed by atoms with Crippen molar-refractivity contribution >= 4 is 11.9 Å². The van der Waals surface area contributed by atoms with Gasteiger partial charge in [0, 0.05) is 55.7 Å². The molecule has 0 bridgehead atoms. The monoisotopic (exact) mass is 692 g/mol. The van der Waals surface area contributed by atoms with Crippen LogP contribution in [-0.2, 0) is 28.5 Å². The molecule has 8 nitrogen and oxygen atoms in total. The smallest absolute Gasteiger partial charge is 0.330 e. The quantitative estimate of drug-likeness (QED) is 0.0685. The summed E-state index contributed by atoms with van der Waals surface area (Å²) in [5.41, 5.74) is 0. The summed E-state index contributed by atoms with van der Waals surface area (Å²) >= 11 is 0. The molecule has 1 heterocycles. The normalized spacial score (nSPS) is 29.2. The molecule has 0 spiro atoms. The molecule has 0 amide bonds. The van der Waals surface area contributed by atoms with Crippen LogP contribution in [0.4, 0.5) is 0 Å². The van der Waals surface area contributed by atoms with Crippen molar-refractivity contribution in [3.63, 3.8) is 0 Å². The van der Waals surface area contributed by atoms with Gasteiger partial charge in [-0.3, -0.25) is 10.6 Å². The van der Waals surface area contributed by atoms with Crippen molar-refractivity contribution in [2.75, 3.05) is 33.0 Å². The SMILES string of the molecule is C=CC(=O)OCCCCCCOC1CCC(C#CC2CCC3NC(C#CC4CCC(OCCCCCCOC(=O)C=C)CC4)NCC3C2)CC1. The second kappa shape index (κ2) is 23.8. The molecule has 4 fully saturated rings. The maximum Gasteiger partial charge on any atom is 0.330 e. The molecule has 1 saturated heterocycles. The summed E-state index contributed by atoms with van der Waals surface area (Å²) in [6.45, 7) is 10.4. The van der Waals surface area contributed by atoms with Gasteiger partial charge in [0.25, 0.3) is 0 Å². The van der Waals surface area contributed by atoms with Gasteiger partial charge < -0.3 is 18.9 Å². The van der Waals surface area contributed by atoms with Gasteiger partial charge in [0.2, 0.25) is 0 Å². The van der Waals surface area contributed by atoms with Gasteiger partial charge in [-0.2, -0.15) is 0 Å². The Morgan fingerprint density at radius 3 is 1.56 bits per heavy atom. The first-order valence-electron chi connectivity index (χ1n) is 19.9. The van der Waals surface area contributed by atoms with Crippen LogP contribution in [0.1, 0.15) is 122 Å². The van der Waals surface area contributed by atoms with E-state index in [0.29, 0.717) is 55.1 Å². The third-order valence-electron chi connectivity index (χ3n) is 10.8. The number of hydrogen-bond donors (Lipinski definition) is 2. The fourth-order valence-corrected chi connectivity index (χ4v) is 7.74. The highest BCUT2D eigenvalue weighted by Gasteiger charge is 2.34. The van der Waals surface area contributed by atoms with Gasteiger partial charge >= 0.3 is 11.9 Å². The molecule has 4 aliphatic rings. The molecular formula is C42H64N2O6. The number of carbonyl (C=O) groups is 2. The first-order chi connectivity index (χ1) is 24.5. The van der Waals surface area contributed by atoms with Crippen LogP contribution in [0.5, 0.6) is 0 Å². The number of rotatable bonds is 18. The second-order valence-electron chi connectivity index (χ2n) is 14.7. The number of esters is 2. The van der Waals surface area contributed by atoms with E-state index in [2.05, 4.69) is 47.5 Å². The Morgan fingerprint density at radius 2 is 1.04 bits per heavy atom. The molecule has 4 unspecified atom stereocenters. The van der Waals surface area contributed by atoms with Crippen LogP contribution in [-0.4, -0.2) is 69.3 Å². The molecular weight excluding hydrogens is 628 g/mol. The van der Waals surface area contributed by atoms with E-state index in [0.717, 1.165) is 122 Å². The average Bonchev–Trinajstić information content (AvgIpc) is 3.15. The summed E-state index contributed by atoms with van der Waals surface area (Å²) in [4.78, 5) is 22.1. The zero-order valence-corrected chi connectivity index (χ0v) is 30.6. The molecule has 4 atom stereocenters. The molecule has 278 valence electrons. The van der Waals surface area contributed by atoms with Crippen molar-refractivity contribution in [2.45, 2.75) is 146 Å². The predicted molar refractivity (Wildman–Crippen MR) is 198 cm³/mol. The van der Waals surface area contributed by atoms with Gasteiger partial charge in [-0.15, -0.1) is 0 Å². The van der Waals surface area contributed by atoms with Crippen molar-refractivity contribution < 1.29 is 28.5 Å².